The smallest absolute Gasteiger partial charge is 0.258 e. The molecule has 0 unspecified atom stereocenters. The monoisotopic (exact) mass is 744 g/mol. The second kappa shape index (κ2) is 13.3. The SMILES string of the molecule is O=[N+]([O-])c1cc(Br)ccc1-c1ccccc1Br.O=[N+]([O-])c1cc(Br)ccc1-c1ccccc1Br.S. The lowest BCUT2D eigenvalue weighted by molar-refractivity contribution is -0.384. The first-order chi connectivity index (χ1) is 16.2. The Balaban J connectivity index is 0.000000240. The summed E-state index contributed by atoms with van der Waals surface area (Å²) in [6.07, 6.45) is 0. The van der Waals surface area contributed by atoms with Gasteiger partial charge in [0.1, 0.15) is 0 Å². The summed E-state index contributed by atoms with van der Waals surface area (Å²) in [4.78, 5) is 21.3. The average Bonchev–Trinajstić information content (AvgIpc) is 2.80. The van der Waals surface area contributed by atoms with Crippen LogP contribution in [0.2, 0.25) is 0 Å². The van der Waals surface area contributed by atoms with Gasteiger partial charge in [-0.3, -0.25) is 20.2 Å². The van der Waals surface area contributed by atoms with Crippen LogP contribution in [0.15, 0.2) is 103 Å². The van der Waals surface area contributed by atoms with E-state index in [9.17, 15) is 20.2 Å². The van der Waals surface area contributed by atoms with Crippen molar-refractivity contribution in [1.82, 2.24) is 0 Å². The molecule has 0 fully saturated rings. The highest BCUT2D eigenvalue weighted by Gasteiger charge is 2.18. The van der Waals surface area contributed by atoms with E-state index < -0.39 is 0 Å². The molecule has 0 heterocycles. The molecule has 0 radical (unpaired) electrons. The highest BCUT2D eigenvalue weighted by molar-refractivity contribution is 9.11. The summed E-state index contributed by atoms with van der Waals surface area (Å²) in [6, 6.07) is 25.0. The van der Waals surface area contributed by atoms with Gasteiger partial charge in [-0.05, 0) is 36.4 Å². The van der Waals surface area contributed by atoms with Crippen molar-refractivity contribution in [3.8, 4) is 22.3 Å². The molecule has 11 heteroatoms. The highest BCUT2D eigenvalue weighted by Crippen LogP contribution is 2.37. The van der Waals surface area contributed by atoms with Crippen molar-refractivity contribution in [2.75, 3.05) is 0 Å². The maximum absolute atomic E-state index is 11.0. The molecule has 0 atom stereocenters. The number of hydrogen-bond donors (Lipinski definition) is 0. The van der Waals surface area contributed by atoms with E-state index in [1.807, 2.05) is 48.5 Å². The minimum absolute atomic E-state index is 0. The molecule has 0 spiro atoms. The Morgan fingerprint density at radius 2 is 0.857 bits per heavy atom. The van der Waals surface area contributed by atoms with Gasteiger partial charge in [0.2, 0.25) is 0 Å². The topological polar surface area (TPSA) is 86.3 Å². The molecule has 0 bridgehead atoms. The summed E-state index contributed by atoms with van der Waals surface area (Å²) in [5, 5.41) is 22.1. The van der Waals surface area contributed by atoms with E-state index in [0.717, 1.165) is 20.1 Å². The molecule has 6 nitrogen and oxygen atoms in total. The summed E-state index contributed by atoms with van der Waals surface area (Å²) >= 11 is 13.3. The first-order valence-corrected chi connectivity index (χ1v) is 12.7. The normalized spacial score (nSPS) is 9.94. The van der Waals surface area contributed by atoms with E-state index in [1.165, 1.54) is 12.1 Å². The Labute approximate surface area is 242 Å². The Morgan fingerprint density at radius 3 is 1.17 bits per heavy atom. The van der Waals surface area contributed by atoms with Crippen LogP contribution in [0, 0.1) is 20.2 Å². The van der Waals surface area contributed by atoms with Gasteiger partial charge in [0, 0.05) is 41.2 Å². The first kappa shape index (κ1) is 29.2. The van der Waals surface area contributed by atoms with Crippen molar-refractivity contribution >= 4 is 88.6 Å². The molecular formula is C24H16Br4N2O4S. The van der Waals surface area contributed by atoms with E-state index in [-0.39, 0.29) is 34.7 Å². The second-order valence-corrected chi connectivity index (χ2v) is 10.3. The zero-order valence-corrected chi connectivity index (χ0v) is 25.0. The summed E-state index contributed by atoms with van der Waals surface area (Å²) in [7, 11) is 0. The molecule has 0 aliphatic rings. The fourth-order valence-corrected chi connectivity index (χ4v) is 4.82. The Morgan fingerprint density at radius 1 is 0.514 bits per heavy atom. The van der Waals surface area contributed by atoms with Crippen molar-refractivity contribution in [2.45, 2.75) is 0 Å². The van der Waals surface area contributed by atoms with Crippen LogP contribution in [0.3, 0.4) is 0 Å². The summed E-state index contributed by atoms with van der Waals surface area (Å²) in [6.45, 7) is 0. The van der Waals surface area contributed by atoms with E-state index >= 15 is 0 Å². The van der Waals surface area contributed by atoms with Crippen LogP contribution in [0.25, 0.3) is 22.3 Å². The molecule has 0 aliphatic carbocycles. The molecular weight excluding hydrogens is 732 g/mol. The van der Waals surface area contributed by atoms with Gasteiger partial charge in [-0.1, -0.05) is 100 Å². The minimum atomic E-state index is -0.375. The summed E-state index contributed by atoms with van der Waals surface area (Å²) < 4.78 is 3.07. The van der Waals surface area contributed by atoms with Gasteiger partial charge in [0.25, 0.3) is 11.4 Å². The van der Waals surface area contributed by atoms with Crippen LogP contribution < -0.4 is 0 Å². The van der Waals surface area contributed by atoms with Gasteiger partial charge in [0.05, 0.1) is 21.0 Å². The number of hydrogen-bond acceptors (Lipinski definition) is 4. The van der Waals surface area contributed by atoms with Crippen LogP contribution in [-0.2, 0) is 0 Å². The molecule has 0 amide bonds. The standard InChI is InChI=1S/2C12H7Br2NO2.H2S/c2*13-8-5-6-10(12(7-8)15(16)17)9-3-1-2-4-11(9)14;/h2*1-7H;1H2. The van der Waals surface area contributed by atoms with Crippen molar-refractivity contribution in [3.63, 3.8) is 0 Å². The van der Waals surface area contributed by atoms with Crippen molar-refractivity contribution in [1.29, 1.82) is 0 Å². The second-order valence-electron chi connectivity index (χ2n) is 6.80. The third-order valence-electron chi connectivity index (χ3n) is 4.64. The number of nitrogens with zero attached hydrogens (tertiary/aromatic N) is 2. The summed E-state index contributed by atoms with van der Waals surface area (Å²) in [5.41, 5.74) is 3.01. The van der Waals surface area contributed by atoms with Gasteiger partial charge in [-0.15, -0.1) is 0 Å². The van der Waals surface area contributed by atoms with Crippen molar-refractivity contribution < 1.29 is 9.85 Å². The quantitative estimate of drug-likeness (QED) is 0.154. The third kappa shape index (κ3) is 7.47. The summed E-state index contributed by atoms with van der Waals surface area (Å²) in [5.74, 6) is 0. The van der Waals surface area contributed by atoms with E-state index in [4.69, 9.17) is 0 Å². The molecule has 0 aliphatic heterocycles. The Bertz CT molecular complexity index is 1280. The van der Waals surface area contributed by atoms with Crippen LogP contribution in [0.4, 0.5) is 11.4 Å². The maximum atomic E-state index is 11.0. The highest BCUT2D eigenvalue weighted by atomic mass is 79.9. The molecule has 0 aromatic heterocycles. The predicted molar refractivity (Wildman–Crippen MR) is 158 cm³/mol. The number of nitro benzene ring substituents is 2. The average molecular weight is 748 g/mol. The number of benzene rings is 4. The number of rotatable bonds is 4. The predicted octanol–water partition coefficient (Wildman–Crippen LogP) is 9.69. The Kier molecular flexibility index (Phi) is 11.1. The third-order valence-corrected chi connectivity index (χ3v) is 7.01. The molecule has 4 rings (SSSR count). The van der Waals surface area contributed by atoms with Gasteiger partial charge in [-0.2, -0.15) is 13.5 Å². The number of nitro groups is 2. The maximum Gasteiger partial charge on any atom is 0.278 e. The molecule has 4 aromatic carbocycles. The van der Waals surface area contributed by atoms with Gasteiger partial charge in [0.15, 0.2) is 0 Å². The molecule has 4 aromatic rings. The van der Waals surface area contributed by atoms with Gasteiger partial charge < -0.3 is 0 Å². The van der Waals surface area contributed by atoms with Crippen molar-refractivity contribution in [3.05, 3.63) is 123 Å². The Hall–Kier alpha value is -2.05. The zero-order chi connectivity index (χ0) is 24.8. The van der Waals surface area contributed by atoms with E-state index in [0.29, 0.717) is 20.1 Å². The van der Waals surface area contributed by atoms with Gasteiger partial charge >= 0.3 is 0 Å². The molecule has 35 heavy (non-hydrogen) atoms. The lowest BCUT2D eigenvalue weighted by Crippen LogP contribution is -1.92. The first-order valence-electron chi connectivity index (χ1n) is 9.56. The molecule has 0 saturated heterocycles. The molecule has 180 valence electrons. The van der Waals surface area contributed by atoms with Crippen LogP contribution in [-0.4, -0.2) is 9.85 Å². The fourth-order valence-electron chi connectivity index (χ4n) is 3.13. The van der Waals surface area contributed by atoms with Crippen LogP contribution in [0.1, 0.15) is 0 Å². The lowest BCUT2D eigenvalue weighted by Gasteiger charge is -2.05. The largest absolute Gasteiger partial charge is 0.278 e. The van der Waals surface area contributed by atoms with Crippen molar-refractivity contribution in [2.24, 2.45) is 0 Å². The molecule has 0 saturated carbocycles. The minimum Gasteiger partial charge on any atom is -0.258 e. The van der Waals surface area contributed by atoms with Crippen LogP contribution in [0.5, 0.6) is 0 Å². The van der Waals surface area contributed by atoms with Gasteiger partial charge in [-0.25, -0.2) is 0 Å². The zero-order valence-electron chi connectivity index (χ0n) is 17.6. The van der Waals surface area contributed by atoms with E-state index in [2.05, 4.69) is 63.7 Å². The molecule has 0 N–H and O–H groups in total. The lowest BCUT2D eigenvalue weighted by atomic mass is 10.0. The van der Waals surface area contributed by atoms with Crippen LogP contribution >= 0.6 is 77.2 Å². The number of halogens is 4. The van der Waals surface area contributed by atoms with E-state index in [1.54, 1.807) is 24.3 Å². The fraction of sp³-hybridized carbons (Fsp3) is 0.